The van der Waals surface area contributed by atoms with Crippen LogP contribution in [0.25, 0.3) is 5.76 Å². The molecule has 1 heterocycles. The molecule has 0 spiro atoms. The van der Waals surface area contributed by atoms with E-state index in [-0.39, 0.29) is 30.6 Å². The number of aryl methyl sites for hydroxylation is 2. The molecular formula is C26H31NO5. The molecule has 1 unspecified atom stereocenters. The summed E-state index contributed by atoms with van der Waals surface area (Å²) in [5.41, 5.74) is 3.32. The van der Waals surface area contributed by atoms with Gasteiger partial charge in [0, 0.05) is 19.2 Å². The van der Waals surface area contributed by atoms with Crippen LogP contribution in [-0.2, 0) is 20.7 Å². The second-order valence-corrected chi connectivity index (χ2v) is 8.23. The van der Waals surface area contributed by atoms with Gasteiger partial charge in [-0.1, -0.05) is 31.2 Å². The number of carbonyl (C=O) groups is 2. The van der Waals surface area contributed by atoms with Gasteiger partial charge in [-0.25, -0.2) is 0 Å². The van der Waals surface area contributed by atoms with Crippen LogP contribution in [0.5, 0.6) is 5.75 Å². The fourth-order valence-corrected chi connectivity index (χ4v) is 3.92. The average molecular weight is 438 g/mol. The van der Waals surface area contributed by atoms with Crippen molar-refractivity contribution in [2.45, 2.75) is 46.3 Å². The van der Waals surface area contributed by atoms with Crippen molar-refractivity contribution in [2.24, 2.45) is 0 Å². The molecule has 0 radical (unpaired) electrons. The summed E-state index contributed by atoms with van der Waals surface area (Å²) in [6, 6.07) is 12.4. The van der Waals surface area contributed by atoms with Crippen LogP contribution in [0.15, 0.2) is 48.0 Å². The molecule has 2 aromatic rings. The molecule has 0 aliphatic carbocycles. The van der Waals surface area contributed by atoms with Crippen molar-refractivity contribution in [1.82, 2.24) is 4.90 Å². The van der Waals surface area contributed by atoms with Crippen LogP contribution in [-0.4, -0.2) is 48.1 Å². The molecule has 6 heteroatoms. The van der Waals surface area contributed by atoms with E-state index in [1.165, 1.54) is 4.90 Å². The maximum Gasteiger partial charge on any atom is 0.295 e. The standard InChI is InChI=1S/C26H31NO5/c1-6-18-7-9-19(10-8-18)23-22(25(29)26(30)27(23)13-14-31-5)24(28)20-11-12-21(17(4)15-20)32-16(2)3/h7-12,15-16,23,28H,6,13-14H2,1-5H3. The predicted octanol–water partition coefficient (Wildman–Crippen LogP) is 4.41. The summed E-state index contributed by atoms with van der Waals surface area (Å²) < 4.78 is 10.9. The molecule has 32 heavy (non-hydrogen) atoms. The highest BCUT2D eigenvalue weighted by molar-refractivity contribution is 6.46. The predicted molar refractivity (Wildman–Crippen MR) is 124 cm³/mol. The molecule has 1 aliphatic rings. The molecule has 1 aliphatic heterocycles. The van der Waals surface area contributed by atoms with E-state index in [1.54, 1.807) is 25.3 Å². The summed E-state index contributed by atoms with van der Waals surface area (Å²) >= 11 is 0. The van der Waals surface area contributed by atoms with Gasteiger partial charge in [-0.15, -0.1) is 0 Å². The highest BCUT2D eigenvalue weighted by Gasteiger charge is 2.45. The summed E-state index contributed by atoms with van der Waals surface area (Å²) in [6.07, 6.45) is 0.902. The van der Waals surface area contributed by atoms with Gasteiger partial charge in [0.1, 0.15) is 11.5 Å². The van der Waals surface area contributed by atoms with E-state index < -0.39 is 17.7 Å². The number of rotatable bonds is 8. The Balaban J connectivity index is 2.11. The topological polar surface area (TPSA) is 76.1 Å². The van der Waals surface area contributed by atoms with E-state index in [2.05, 4.69) is 6.92 Å². The van der Waals surface area contributed by atoms with E-state index in [0.717, 1.165) is 23.1 Å². The first-order valence-electron chi connectivity index (χ1n) is 10.9. The summed E-state index contributed by atoms with van der Waals surface area (Å²) in [7, 11) is 1.55. The Morgan fingerprint density at radius 3 is 2.38 bits per heavy atom. The third-order valence-corrected chi connectivity index (χ3v) is 5.59. The lowest BCUT2D eigenvalue weighted by Crippen LogP contribution is -2.32. The normalized spacial score (nSPS) is 17.9. The number of methoxy groups -OCH3 is 1. The Kier molecular flexibility index (Phi) is 7.36. The Morgan fingerprint density at radius 2 is 1.81 bits per heavy atom. The van der Waals surface area contributed by atoms with Gasteiger partial charge < -0.3 is 19.5 Å². The average Bonchev–Trinajstić information content (AvgIpc) is 3.03. The molecule has 1 atom stereocenters. The number of likely N-dealkylation sites (tertiary alicyclic amines) is 1. The third kappa shape index (κ3) is 4.70. The fourth-order valence-electron chi connectivity index (χ4n) is 3.92. The third-order valence-electron chi connectivity index (χ3n) is 5.59. The number of Topliss-reactive ketones (excluding diaryl/α,β-unsaturated/α-hetero) is 1. The summed E-state index contributed by atoms with van der Waals surface area (Å²) in [6.45, 7) is 8.37. The van der Waals surface area contributed by atoms with Crippen molar-refractivity contribution in [3.63, 3.8) is 0 Å². The van der Waals surface area contributed by atoms with Crippen LogP contribution in [0.3, 0.4) is 0 Å². The molecular weight excluding hydrogens is 406 g/mol. The maximum absolute atomic E-state index is 13.0. The van der Waals surface area contributed by atoms with Crippen LogP contribution in [0.1, 0.15) is 49.1 Å². The Hall–Kier alpha value is -3.12. The zero-order chi connectivity index (χ0) is 23.4. The quantitative estimate of drug-likeness (QED) is 0.376. The summed E-state index contributed by atoms with van der Waals surface area (Å²) in [5.74, 6) is -0.802. The van der Waals surface area contributed by atoms with Crippen molar-refractivity contribution >= 4 is 17.4 Å². The smallest absolute Gasteiger partial charge is 0.295 e. The van der Waals surface area contributed by atoms with Gasteiger partial charge in [0.2, 0.25) is 0 Å². The number of aliphatic hydroxyl groups is 1. The fraction of sp³-hybridized carbons (Fsp3) is 0.385. The first kappa shape index (κ1) is 23.5. The van der Waals surface area contributed by atoms with Crippen molar-refractivity contribution in [1.29, 1.82) is 0 Å². The van der Waals surface area contributed by atoms with E-state index in [0.29, 0.717) is 11.3 Å². The highest BCUT2D eigenvalue weighted by Crippen LogP contribution is 2.39. The summed E-state index contributed by atoms with van der Waals surface area (Å²) in [5, 5.41) is 11.2. The number of hydrogen-bond donors (Lipinski definition) is 1. The second-order valence-electron chi connectivity index (χ2n) is 8.23. The highest BCUT2D eigenvalue weighted by atomic mass is 16.5. The number of amides is 1. The molecule has 170 valence electrons. The molecule has 2 aromatic carbocycles. The number of ketones is 1. The van der Waals surface area contributed by atoms with E-state index in [1.807, 2.05) is 45.0 Å². The first-order valence-corrected chi connectivity index (χ1v) is 10.9. The largest absolute Gasteiger partial charge is 0.507 e. The van der Waals surface area contributed by atoms with E-state index in [4.69, 9.17) is 9.47 Å². The van der Waals surface area contributed by atoms with Gasteiger partial charge in [0.15, 0.2) is 0 Å². The van der Waals surface area contributed by atoms with Gasteiger partial charge in [-0.3, -0.25) is 9.59 Å². The zero-order valence-corrected chi connectivity index (χ0v) is 19.3. The van der Waals surface area contributed by atoms with Crippen molar-refractivity contribution in [3.8, 4) is 5.75 Å². The van der Waals surface area contributed by atoms with Gasteiger partial charge in [0.25, 0.3) is 11.7 Å². The SMILES string of the molecule is CCc1ccc(C2C(=C(O)c3ccc(OC(C)C)c(C)c3)C(=O)C(=O)N2CCOC)cc1. The lowest BCUT2D eigenvalue weighted by molar-refractivity contribution is -0.140. The lowest BCUT2D eigenvalue weighted by Gasteiger charge is -2.25. The minimum absolute atomic E-state index is 0.0188. The number of benzene rings is 2. The molecule has 0 bridgehead atoms. The van der Waals surface area contributed by atoms with Gasteiger partial charge in [-0.2, -0.15) is 0 Å². The number of nitrogens with zero attached hydrogens (tertiary/aromatic N) is 1. The molecule has 1 N–H and O–H groups in total. The number of aliphatic hydroxyl groups excluding tert-OH is 1. The lowest BCUT2D eigenvalue weighted by atomic mass is 9.94. The maximum atomic E-state index is 13.0. The Morgan fingerprint density at radius 1 is 1.12 bits per heavy atom. The van der Waals surface area contributed by atoms with E-state index >= 15 is 0 Å². The number of carbonyl (C=O) groups excluding carboxylic acids is 2. The zero-order valence-electron chi connectivity index (χ0n) is 19.3. The monoisotopic (exact) mass is 437 g/mol. The molecule has 0 aromatic heterocycles. The minimum Gasteiger partial charge on any atom is -0.507 e. The molecule has 1 saturated heterocycles. The van der Waals surface area contributed by atoms with Crippen LogP contribution in [0.2, 0.25) is 0 Å². The first-order chi connectivity index (χ1) is 15.3. The van der Waals surface area contributed by atoms with Crippen LogP contribution >= 0.6 is 0 Å². The Labute approximate surface area is 189 Å². The molecule has 3 rings (SSSR count). The van der Waals surface area contributed by atoms with Gasteiger partial charge in [-0.05, 0) is 62.1 Å². The van der Waals surface area contributed by atoms with Gasteiger partial charge >= 0.3 is 0 Å². The number of hydrogen-bond acceptors (Lipinski definition) is 5. The van der Waals surface area contributed by atoms with Crippen LogP contribution in [0.4, 0.5) is 0 Å². The molecule has 6 nitrogen and oxygen atoms in total. The van der Waals surface area contributed by atoms with Crippen LogP contribution in [0, 0.1) is 6.92 Å². The van der Waals surface area contributed by atoms with Gasteiger partial charge in [0.05, 0.1) is 24.3 Å². The number of ether oxygens (including phenoxy) is 2. The molecule has 0 saturated carbocycles. The van der Waals surface area contributed by atoms with Crippen molar-refractivity contribution in [2.75, 3.05) is 20.3 Å². The molecule has 1 fully saturated rings. The second kappa shape index (κ2) is 10.0. The minimum atomic E-state index is -0.691. The summed E-state index contributed by atoms with van der Waals surface area (Å²) in [4.78, 5) is 27.4. The van der Waals surface area contributed by atoms with Crippen molar-refractivity contribution in [3.05, 3.63) is 70.3 Å². The Bertz CT molecular complexity index is 1020. The van der Waals surface area contributed by atoms with E-state index in [9.17, 15) is 14.7 Å². The van der Waals surface area contributed by atoms with Crippen LogP contribution < -0.4 is 4.74 Å². The molecule has 1 amide bonds. The van der Waals surface area contributed by atoms with Crippen molar-refractivity contribution < 1.29 is 24.2 Å².